The fourth-order valence-corrected chi connectivity index (χ4v) is 2.76. The van der Waals surface area contributed by atoms with Gasteiger partial charge in [-0.05, 0) is 53.0 Å². The molecule has 0 aliphatic carbocycles. The molecule has 6 nitrogen and oxygen atoms in total. The number of hydrogen-bond acceptors (Lipinski definition) is 5. The molecule has 0 radical (unpaired) electrons. The van der Waals surface area contributed by atoms with E-state index in [1.807, 2.05) is 30.3 Å². The highest BCUT2D eigenvalue weighted by molar-refractivity contribution is 6.61. The minimum atomic E-state index is -0.852. The standard InChI is InChI=1S/C19H16BNO5/c22-19(18-2-1-9-24-18)21-11-13-3-5-15(6-4-13)26-16-7-8-17-14(10-16)12-25-20(17)23/h1-10,23H,11-12H2,(H,21,22). The Kier molecular flexibility index (Phi) is 4.47. The van der Waals surface area contributed by atoms with E-state index in [2.05, 4.69) is 5.32 Å². The maximum absolute atomic E-state index is 11.8. The maximum atomic E-state index is 11.8. The second-order valence-electron chi connectivity index (χ2n) is 5.93. The van der Waals surface area contributed by atoms with Gasteiger partial charge in [-0.15, -0.1) is 0 Å². The molecular formula is C19H16BNO5. The van der Waals surface area contributed by atoms with Gasteiger partial charge < -0.3 is 24.1 Å². The summed E-state index contributed by atoms with van der Waals surface area (Å²) in [5, 5.41) is 12.4. The molecule has 0 fully saturated rings. The molecule has 0 saturated heterocycles. The van der Waals surface area contributed by atoms with Crippen LogP contribution in [0.25, 0.3) is 0 Å². The first-order chi connectivity index (χ1) is 12.7. The molecule has 0 atom stereocenters. The quantitative estimate of drug-likeness (QED) is 0.691. The van der Waals surface area contributed by atoms with Gasteiger partial charge >= 0.3 is 7.12 Å². The third kappa shape index (κ3) is 3.49. The van der Waals surface area contributed by atoms with E-state index in [1.54, 1.807) is 24.3 Å². The number of carbonyl (C=O) groups excluding carboxylic acids is 1. The third-order valence-corrected chi connectivity index (χ3v) is 4.13. The van der Waals surface area contributed by atoms with Crippen molar-refractivity contribution in [2.45, 2.75) is 13.2 Å². The Bertz CT molecular complexity index is 908. The first-order valence-electron chi connectivity index (χ1n) is 8.20. The van der Waals surface area contributed by atoms with Gasteiger partial charge in [-0.2, -0.15) is 0 Å². The second-order valence-corrected chi connectivity index (χ2v) is 5.93. The number of amides is 1. The predicted octanol–water partition coefficient (Wildman–Crippen LogP) is 2.22. The summed E-state index contributed by atoms with van der Waals surface area (Å²) < 4.78 is 16.1. The SMILES string of the molecule is O=C(NCc1ccc(Oc2ccc3c(c2)COB3O)cc1)c1ccco1. The van der Waals surface area contributed by atoms with E-state index in [0.29, 0.717) is 24.7 Å². The summed E-state index contributed by atoms with van der Waals surface area (Å²) in [6.07, 6.45) is 1.47. The molecule has 2 aromatic carbocycles. The molecule has 0 spiro atoms. The molecule has 2 heterocycles. The first-order valence-corrected chi connectivity index (χ1v) is 8.20. The van der Waals surface area contributed by atoms with Crippen LogP contribution in [0.3, 0.4) is 0 Å². The van der Waals surface area contributed by atoms with Gasteiger partial charge in [-0.3, -0.25) is 4.79 Å². The number of carbonyl (C=O) groups is 1. The second kappa shape index (κ2) is 7.07. The van der Waals surface area contributed by atoms with Crippen LogP contribution in [-0.4, -0.2) is 18.0 Å². The van der Waals surface area contributed by atoms with Crippen LogP contribution in [0, 0.1) is 0 Å². The lowest BCUT2D eigenvalue weighted by Crippen LogP contribution is -2.27. The van der Waals surface area contributed by atoms with E-state index in [9.17, 15) is 9.82 Å². The fraction of sp³-hybridized carbons (Fsp3) is 0.105. The Hall–Kier alpha value is -3.03. The van der Waals surface area contributed by atoms with Crippen LogP contribution in [-0.2, 0) is 17.8 Å². The molecule has 0 bridgehead atoms. The number of benzene rings is 2. The van der Waals surface area contributed by atoms with Crippen molar-refractivity contribution in [2.24, 2.45) is 0 Å². The fourth-order valence-electron chi connectivity index (χ4n) is 2.76. The zero-order valence-electron chi connectivity index (χ0n) is 13.8. The molecule has 26 heavy (non-hydrogen) atoms. The molecule has 130 valence electrons. The summed E-state index contributed by atoms with van der Waals surface area (Å²) in [5.41, 5.74) is 2.65. The van der Waals surface area contributed by atoms with Gasteiger partial charge in [0.05, 0.1) is 12.9 Å². The minimum absolute atomic E-state index is 0.252. The first kappa shape index (κ1) is 16.4. The average Bonchev–Trinajstić information content (AvgIpc) is 3.31. The highest BCUT2D eigenvalue weighted by Gasteiger charge is 2.27. The summed E-state index contributed by atoms with van der Waals surface area (Å²) in [6, 6.07) is 16.2. The van der Waals surface area contributed by atoms with Gasteiger partial charge in [0.15, 0.2) is 5.76 Å². The van der Waals surface area contributed by atoms with E-state index in [4.69, 9.17) is 13.8 Å². The molecule has 4 rings (SSSR count). The van der Waals surface area contributed by atoms with Crippen molar-refractivity contribution in [3.63, 3.8) is 0 Å². The van der Waals surface area contributed by atoms with E-state index in [-0.39, 0.29) is 11.7 Å². The normalized spacial score (nSPS) is 12.7. The molecular weight excluding hydrogens is 333 g/mol. The van der Waals surface area contributed by atoms with E-state index < -0.39 is 7.12 Å². The topological polar surface area (TPSA) is 80.9 Å². The van der Waals surface area contributed by atoms with Crippen LogP contribution in [0.4, 0.5) is 0 Å². The van der Waals surface area contributed by atoms with Gasteiger partial charge in [0.2, 0.25) is 0 Å². The maximum Gasteiger partial charge on any atom is 0.491 e. The van der Waals surface area contributed by atoms with Crippen molar-refractivity contribution in [3.05, 3.63) is 77.7 Å². The summed E-state index contributed by atoms with van der Waals surface area (Å²) >= 11 is 0. The molecule has 1 aliphatic heterocycles. The van der Waals surface area contributed by atoms with E-state index in [0.717, 1.165) is 16.6 Å². The molecule has 0 unspecified atom stereocenters. The molecule has 7 heteroatoms. The Balaban J connectivity index is 1.36. The lowest BCUT2D eigenvalue weighted by molar-refractivity contribution is 0.0923. The van der Waals surface area contributed by atoms with Crippen molar-refractivity contribution >= 4 is 18.5 Å². The molecule has 2 N–H and O–H groups in total. The lowest BCUT2D eigenvalue weighted by atomic mass is 9.80. The number of ether oxygens (including phenoxy) is 1. The molecule has 0 saturated carbocycles. The zero-order valence-corrected chi connectivity index (χ0v) is 13.8. The van der Waals surface area contributed by atoms with Crippen molar-refractivity contribution in [1.29, 1.82) is 0 Å². The van der Waals surface area contributed by atoms with Crippen LogP contribution in [0.5, 0.6) is 11.5 Å². The van der Waals surface area contributed by atoms with Crippen molar-refractivity contribution < 1.29 is 23.6 Å². The van der Waals surface area contributed by atoms with Crippen molar-refractivity contribution in [2.75, 3.05) is 0 Å². The summed E-state index contributed by atoms with van der Waals surface area (Å²) in [5.74, 6) is 1.40. The summed E-state index contributed by atoms with van der Waals surface area (Å²) in [7, 11) is -0.852. The number of furan rings is 1. The predicted molar refractivity (Wildman–Crippen MR) is 95.2 cm³/mol. The summed E-state index contributed by atoms with van der Waals surface area (Å²) in [6.45, 7) is 0.774. The molecule has 1 aliphatic rings. The van der Waals surface area contributed by atoms with Gasteiger partial charge in [0, 0.05) is 6.54 Å². The molecule has 1 amide bonds. The van der Waals surface area contributed by atoms with Crippen molar-refractivity contribution in [3.8, 4) is 11.5 Å². The summed E-state index contributed by atoms with van der Waals surface area (Å²) in [4.78, 5) is 11.8. The Morgan fingerprint density at radius 2 is 1.96 bits per heavy atom. The monoisotopic (exact) mass is 349 g/mol. The zero-order chi connectivity index (χ0) is 17.9. The van der Waals surface area contributed by atoms with Gasteiger partial charge in [0.1, 0.15) is 11.5 Å². The van der Waals surface area contributed by atoms with E-state index in [1.165, 1.54) is 6.26 Å². The van der Waals surface area contributed by atoms with Crippen LogP contribution in [0.1, 0.15) is 21.7 Å². The van der Waals surface area contributed by atoms with E-state index >= 15 is 0 Å². The van der Waals surface area contributed by atoms with Crippen LogP contribution < -0.4 is 15.5 Å². The highest BCUT2D eigenvalue weighted by atomic mass is 16.5. The third-order valence-electron chi connectivity index (χ3n) is 4.13. The number of rotatable bonds is 5. The number of nitrogens with one attached hydrogen (secondary N) is 1. The Morgan fingerprint density at radius 1 is 1.15 bits per heavy atom. The van der Waals surface area contributed by atoms with Gasteiger partial charge in [-0.1, -0.05) is 18.2 Å². The molecule has 3 aromatic rings. The van der Waals surface area contributed by atoms with Gasteiger partial charge in [0.25, 0.3) is 5.91 Å². The number of hydrogen-bond donors (Lipinski definition) is 2. The van der Waals surface area contributed by atoms with Gasteiger partial charge in [-0.25, -0.2) is 0 Å². The van der Waals surface area contributed by atoms with Crippen LogP contribution in [0.2, 0.25) is 0 Å². The highest BCUT2D eigenvalue weighted by Crippen LogP contribution is 2.24. The smallest absolute Gasteiger partial charge is 0.459 e. The minimum Gasteiger partial charge on any atom is -0.459 e. The van der Waals surface area contributed by atoms with Crippen LogP contribution >= 0.6 is 0 Å². The Labute approximate surface area is 150 Å². The van der Waals surface area contributed by atoms with Crippen LogP contribution in [0.15, 0.2) is 65.3 Å². The Morgan fingerprint density at radius 3 is 2.73 bits per heavy atom. The van der Waals surface area contributed by atoms with Crippen molar-refractivity contribution in [1.82, 2.24) is 5.32 Å². The lowest BCUT2D eigenvalue weighted by Gasteiger charge is -2.09. The largest absolute Gasteiger partial charge is 0.491 e. The molecule has 1 aromatic heterocycles. The number of fused-ring (bicyclic) bond motifs is 1. The average molecular weight is 349 g/mol.